The van der Waals surface area contributed by atoms with Gasteiger partial charge in [0.25, 0.3) is 0 Å². The lowest BCUT2D eigenvalue weighted by atomic mass is 9.93. The summed E-state index contributed by atoms with van der Waals surface area (Å²) in [4.78, 5) is 20.1. The molecule has 2 heterocycles. The molecule has 3 aromatic rings. The van der Waals surface area contributed by atoms with Crippen molar-refractivity contribution in [3.8, 4) is 5.75 Å². The molecule has 0 bridgehead atoms. The lowest BCUT2D eigenvalue weighted by molar-refractivity contribution is -0.122. The number of piperidine rings is 1. The Labute approximate surface area is 194 Å². The smallest absolute Gasteiger partial charge is 0.233 e. The molecule has 0 spiro atoms. The minimum absolute atomic E-state index is 0.0168. The van der Waals surface area contributed by atoms with Gasteiger partial charge < -0.3 is 10.1 Å². The van der Waals surface area contributed by atoms with Crippen LogP contribution in [0.1, 0.15) is 30.0 Å². The van der Waals surface area contributed by atoms with Crippen LogP contribution < -0.4 is 10.1 Å². The van der Waals surface area contributed by atoms with Gasteiger partial charge in [-0.05, 0) is 54.8 Å². The first-order chi connectivity index (χ1) is 15.7. The van der Waals surface area contributed by atoms with Crippen LogP contribution in [0.15, 0.2) is 79.0 Å². The number of carbonyl (C=O) groups is 1. The maximum Gasteiger partial charge on any atom is 0.233 e. The highest BCUT2D eigenvalue weighted by Gasteiger charge is 2.27. The number of rotatable bonds is 8. The van der Waals surface area contributed by atoms with Crippen LogP contribution in [-0.2, 0) is 4.79 Å². The van der Waals surface area contributed by atoms with E-state index in [1.54, 1.807) is 6.20 Å². The number of nitrogens with one attached hydrogen (secondary N) is 1. The van der Waals surface area contributed by atoms with Gasteiger partial charge in [0.05, 0.1) is 5.69 Å². The van der Waals surface area contributed by atoms with Gasteiger partial charge in [0.15, 0.2) is 0 Å². The molecule has 166 valence electrons. The van der Waals surface area contributed by atoms with Crippen LogP contribution in [-0.4, -0.2) is 48.1 Å². The van der Waals surface area contributed by atoms with E-state index in [4.69, 9.17) is 16.3 Å². The second-order valence-corrected chi connectivity index (χ2v) is 8.46. The molecule has 4 rings (SSSR count). The summed E-state index contributed by atoms with van der Waals surface area (Å²) in [7, 11) is 0. The number of carbonyl (C=O) groups excluding carboxylic acids is 1. The molecule has 0 saturated carbocycles. The molecule has 1 aliphatic heterocycles. The van der Waals surface area contributed by atoms with Crippen molar-refractivity contribution in [2.24, 2.45) is 0 Å². The number of aromatic nitrogens is 1. The van der Waals surface area contributed by atoms with E-state index in [0.717, 1.165) is 49.5 Å². The number of pyridine rings is 1. The molecule has 0 radical (unpaired) electrons. The number of nitrogens with zero attached hydrogens (tertiary/aromatic N) is 2. The zero-order chi connectivity index (χ0) is 22.2. The van der Waals surface area contributed by atoms with E-state index in [1.165, 1.54) is 0 Å². The first-order valence-corrected chi connectivity index (χ1v) is 11.4. The molecule has 1 N–H and O–H groups in total. The van der Waals surface area contributed by atoms with Crippen LogP contribution in [0.4, 0.5) is 0 Å². The van der Waals surface area contributed by atoms with Crippen LogP contribution in [0, 0.1) is 0 Å². The van der Waals surface area contributed by atoms with E-state index in [-0.39, 0.29) is 11.9 Å². The highest BCUT2D eigenvalue weighted by molar-refractivity contribution is 6.30. The van der Waals surface area contributed by atoms with Gasteiger partial charge in [-0.2, -0.15) is 0 Å². The number of benzene rings is 2. The summed E-state index contributed by atoms with van der Waals surface area (Å²) < 4.78 is 5.81. The standard InChI is InChI=1S/C26H28ClN3O2/c27-21-11-9-20(10-12-21)25(24-8-4-5-15-28-24)26(31)29-22-13-16-30(17-14-22)18-19-32-23-6-2-1-3-7-23/h1-12,15,22,25H,13-14,16-19H2,(H,29,31)/t25-/m1/s1. The van der Waals surface area contributed by atoms with Crippen molar-refractivity contribution in [2.45, 2.75) is 24.8 Å². The van der Waals surface area contributed by atoms with E-state index in [9.17, 15) is 4.79 Å². The third-order valence-electron chi connectivity index (χ3n) is 5.80. The Balaban J connectivity index is 1.31. The molecule has 1 aliphatic rings. The van der Waals surface area contributed by atoms with Crippen molar-refractivity contribution >= 4 is 17.5 Å². The molecule has 5 nitrogen and oxygen atoms in total. The molecule has 32 heavy (non-hydrogen) atoms. The van der Waals surface area contributed by atoms with Crippen LogP contribution in [0.25, 0.3) is 0 Å². The Morgan fingerprint density at radius 3 is 2.44 bits per heavy atom. The number of likely N-dealkylation sites (tertiary alicyclic amines) is 1. The predicted octanol–water partition coefficient (Wildman–Crippen LogP) is 4.53. The molecule has 0 aliphatic carbocycles. The Morgan fingerprint density at radius 1 is 1.03 bits per heavy atom. The molecule has 1 saturated heterocycles. The number of hydrogen-bond acceptors (Lipinski definition) is 4. The second-order valence-electron chi connectivity index (χ2n) is 8.03. The Bertz CT molecular complexity index is 975. The third kappa shape index (κ3) is 6.09. The van der Waals surface area contributed by atoms with Gasteiger partial charge >= 0.3 is 0 Å². The lowest BCUT2D eigenvalue weighted by Gasteiger charge is -2.33. The van der Waals surface area contributed by atoms with Crippen LogP contribution in [0.2, 0.25) is 5.02 Å². The average molecular weight is 450 g/mol. The summed E-state index contributed by atoms with van der Waals surface area (Å²) >= 11 is 6.05. The van der Waals surface area contributed by atoms with E-state index in [1.807, 2.05) is 72.8 Å². The maximum absolute atomic E-state index is 13.3. The van der Waals surface area contributed by atoms with Gasteiger partial charge in [-0.15, -0.1) is 0 Å². The summed E-state index contributed by atoms with van der Waals surface area (Å²) in [5.74, 6) is 0.431. The van der Waals surface area contributed by atoms with Gasteiger partial charge in [-0.25, -0.2) is 0 Å². The Kier molecular flexibility index (Phi) is 7.75. The number of amides is 1. The minimum atomic E-state index is -0.453. The molecule has 1 aromatic heterocycles. The Morgan fingerprint density at radius 2 is 1.75 bits per heavy atom. The van der Waals surface area contributed by atoms with Crippen molar-refractivity contribution in [1.82, 2.24) is 15.2 Å². The Hall–Kier alpha value is -2.89. The van der Waals surface area contributed by atoms with Crippen LogP contribution >= 0.6 is 11.6 Å². The van der Waals surface area contributed by atoms with Gasteiger partial charge in [0.1, 0.15) is 18.3 Å². The zero-order valence-corrected chi connectivity index (χ0v) is 18.7. The van der Waals surface area contributed by atoms with Crippen molar-refractivity contribution in [3.05, 3.63) is 95.3 Å². The fourth-order valence-electron chi connectivity index (χ4n) is 4.05. The summed E-state index contributed by atoms with van der Waals surface area (Å²) in [6, 6.07) is 23.1. The van der Waals surface area contributed by atoms with Gasteiger partial charge in [0.2, 0.25) is 5.91 Å². The van der Waals surface area contributed by atoms with Crippen molar-refractivity contribution in [3.63, 3.8) is 0 Å². The molecule has 1 atom stereocenters. The van der Waals surface area contributed by atoms with Gasteiger partial charge in [-0.3, -0.25) is 14.7 Å². The quantitative estimate of drug-likeness (QED) is 0.549. The van der Waals surface area contributed by atoms with Gasteiger partial charge in [0, 0.05) is 36.9 Å². The first kappa shape index (κ1) is 22.3. The second kappa shape index (κ2) is 11.1. The topological polar surface area (TPSA) is 54.5 Å². The number of halogens is 1. The average Bonchev–Trinajstić information content (AvgIpc) is 2.83. The fraction of sp³-hybridized carbons (Fsp3) is 0.308. The van der Waals surface area contributed by atoms with E-state index < -0.39 is 5.92 Å². The van der Waals surface area contributed by atoms with Crippen molar-refractivity contribution in [2.75, 3.05) is 26.2 Å². The highest BCUT2D eigenvalue weighted by Crippen LogP contribution is 2.25. The SMILES string of the molecule is O=C(NC1CCN(CCOc2ccccc2)CC1)[C@H](c1ccc(Cl)cc1)c1ccccn1. The van der Waals surface area contributed by atoms with Crippen molar-refractivity contribution < 1.29 is 9.53 Å². The molecule has 1 fully saturated rings. The maximum atomic E-state index is 13.3. The lowest BCUT2D eigenvalue weighted by Crippen LogP contribution is -2.46. The number of ether oxygens (including phenoxy) is 1. The number of hydrogen-bond donors (Lipinski definition) is 1. The van der Waals surface area contributed by atoms with Crippen LogP contribution in [0.3, 0.4) is 0 Å². The summed E-state index contributed by atoms with van der Waals surface area (Å²) in [5.41, 5.74) is 1.63. The summed E-state index contributed by atoms with van der Waals surface area (Å²) in [6.45, 7) is 3.44. The number of para-hydroxylation sites is 1. The largest absolute Gasteiger partial charge is 0.492 e. The zero-order valence-electron chi connectivity index (χ0n) is 18.0. The minimum Gasteiger partial charge on any atom is -0.492 e. The highest BCUT2D eigenvalue weighted by atomic mass is 35.5. The van der Waals surface area contributed by atoms with E-state index in [2.05, 4.69) is 15.2 Å². The molecular weight excluding hydrogens is 422 g/mol. The molecule has 0 unspecified atom stereocenters. The van der Waals surface area contributed by atoms with Crippen LogP contribution in [0.5, 0.6) is 5.75 Å². The third-order valence-corrected chi connectivity index (χ3v) is 6.05. The van der Waals surface area contributed by atoms with Crippen molar-refractivity contribution in [1.29, 1.82) is 0 Å². The summed E-state index contributed by atoms with van der Waals surface area (Å²) in [6.07, 6.45) is 3.57. The molecule has 2 aromatic carbocycles. The normalized spacial score (nSPS) is 15.8. The van der Waals surface area contributed by atoms with E-state index >= 15 is 0 Å². The fourth-order valence-corrected chi connectivity index (χ4v) is 4.18. The molecule has 1 amide bonds. The monoisotopic (exact) mass is 449 g/mol. The predicted molar refractivity (Wildman–Crippen MR) is 127 cm³/mol. The summed E-state index contributed by atoms with van der Waals surface area (Å²) in [5, 5.41) is 3.91. The molecular formula is C26H28ClN3O2. The van der Waals surface area contributed by atoms with E-state index in [0.29, 0.717) is 11.6 Å². The van der Waals surface area contributed by atoms with Gasteiger partial charge in [-0.1, -0.05) is 48.0 Å². The molecule has 6 heteroatoms. The first-order valence-electron chi connectivity index (χ1n) is 11.1.